The molecule has 1 amide bonds. The average Bonchev–Trinajstić information content (AvgIpc) is 3.02. The van der Waals surface area contributed by atoms with Gasteiger partial charge in [0, 0.05) is 4.88 Å². The molecule has 102 valence electrons. The summed E-state index contributed by atoms with van der Waals surface area (Å²) in [6.45, 7) is 0. The molecule has 2 N–H and O–H groups in total. The normalized spacial score (nSPS) is 25.3. The molecule has 1 aromatic rings. The summed E-state index contributed by atoms with van der Waals surface area (Å²) in [5, 5.41) is 12.1. The van der Waals surface area contributed by atoms with Gasteiger partial charge in [-0.2, -0.15) is 0 Å². The van der Waals surface area contributed by atoms with Crippen LogP contribution in [0.3, 0.4) is 0 Å². The standard InChI is InChI=1S/C12H14N2O4S/c15-10(7-4-5-8(18-7)11(16)17)14-12-13-6-2-1-3-9(6)19-12/h7-8H,1-5H2,(H,16,17)(H,13,14,15)/t7-,8+/m0/s1. The van der Waals surface area contributed by atoms with Crippen LogP contribution < -0.4 is 5.32 Å². The van der Waals surface area contributed by atoms with Gasteiger partial charge in [0.15, 0.2) is 11.2 Å². The molecule has 0 unspecified atom stereocenters. The number of amides is 1. The van der Waals surface area contributed by atoms with Crippen LogP contribution in [0.1, 0.15) is 29.8 Å². The van der Waals surface area contributed by atoms with Gasteiger partial charge >= 0.3 is 5.97 Å². The number of hydrogen-bond acceptors (Lipinski definition) is 5. The SMILES string of the molecule is O=C(Nc1nc2c(s1)CCC2)[C@@H]1CC[C@H](C(=O)O)O1. The van der Waals surface area contributed by atoms with Crippen LogP contribution in [-0.2, 0) is 27.2 Å². The number of carboxylic acid groups (broad SMARTS) is 1. The number of nitrogens with zero attached hydrogens (tertiary/aromatic N) is 1. The third kappa shape index (κ3) is 2.48. The molecule has 0 spiro atoms. The lowest BCUT2D eigenvalue weighted by Gasteiger charge is -2.10. The number of aliphatic carboxylic acids is 1. The Morgan fingerprint density at radius 1 is 1.32 bits per heavy atom. The van der Waals surface area contributed by atoms with E-state index in [0.717, 1.165) is 25.0 Å². The number of fused-ring (bicyclic) bond motifs is 1. The molecule has 1 aliphatic heterocycles. The maximum Gasteiger partial charge on any atom is 0.332 e. The first kappa shape index (κ1) is 12.6. The third-order valence-corrected chi connectivity index (χ3v) is 4.49. The van der Waals surface area contributed by atoms with Gasteiger partial charge in [0.25, 0.3) is 5.91 Å². The summed E-state index contributed by atoms with van der Waals surface area (Å²) >= 11 is 1.50. The topological polar surface area (TPSA) is 88.5 Å². The molecule has 19 heavy (non-hydrogen) atoms. The van der Waals surface area contributed by atoms with Gasteiger partial charge < -0.3 is 9.84 Å². The van der Waals surface area contributed by atoms with Crippen molar-refractivity contribution in [3.05, 3.63) is 10.6 Å². The summed E-state index contributed by atoms with van der Waals surface area (Å²) in [6, 6.07) is 0. The zero-order valence-electron chi connectivity index (χ0n) is 10.2. The molecular weight excluding hydrogens is 268 g/mol. The lowest BCUT2D eigenvalue weighted by atomic mass is 10.2. The number of aryl methyl sites for hydroxylation is 2. The van der Waals surface area contributed by atoms with Crippen molar-refractivity contribution >= 4 is 28.3 Å². The van der Waals surface area contributed by atoms with E-state index in [-0.39, 0.29) is 5.91 Å². The van der Waals surface area contributed by atoms with Crippen LogP contribution >= 0.6 is 11.3 Å². The smallest absolute Gasteiger partial charge is 0.332 e. The minimum atomic E-state index is -1.01. The molecule has 6 nitrogen and oxygen atoms in total. The van der Waals surface area contributed by atoms with Gasteiger partial charge in [-0.25, -0.2) is 9.78 Å². The summed E-state index contributed by atoms with van der Waals surface area (Å²) in [5.41, 5.74) is 1.08. The monoisotopic (exact) mass is 282 g/mol. The second kappa shape index (κ2) is 4.90. The molecule has 2 heterocycles. The van der Waals surface area contributed by atoms with Gasteiger partial charge in [0.1, 0.15) is 6.10 Å². The number of hydrogen-bond donors (Lipinski definition) is 2. The Labute approximate surface area is 113 Å². The highest BCUT2D eigenvalue weighted by Gasteiger charge is 2.35. The van der Waals surface area contributed by atoms with E-state index in [9.17, 15) is 9.59 Å². The highest BCUT2D eigenvalue weighted by molar-refractivity contribution is 7.15. The fourth-order valence-corrected chi connectivity index (χ4v) is 3.49. The third-order valence-electron chi connectivity index (χ3n) is 3.41. The van der Waals surface area contributed by atoms with Crippen molar-refractivity contribution < 1.29 is 19.4 Å². The zero-order chi connectivity index (χ0) is 13.4. The maximum absolute atomic E-state index is 11.9. The van der Waals surface area contributed by atoms with Crippen LogP contribution in [0, 0.1) is 0 Å². The molecule has 1 fully saturated rings. The Bertz CT molecular complexity index is 506. The minimum Gasteiger partial charge on any atom is -0.479 e. The van der Waals surface area contributed by atoms with Crippen molar-refractivity contribution in [2.75, 3.05) is 5.32 Å². The number of carboxylic acids is 1. The van der Waals surface area contributed by atoms with Gasteiger partial charge in [-0.1, -0.05) is 0 Å². The first-order valence-electron chi connectivity index (χ1n) is 6.31. The summed E-state index contributed by atoms with van der Waals surface area (Å²) in [6.07, 6.45) is 2.41. The number of aromatic nitrogens is 1. The number of thiazole rings is 1. The van der Waals surface area contributed by atoms with Crippen LogP contribution in [-0.4, -0.2) is 34.2 Å². The zero-order valence-corrected chi connectivity index (χ0v) is 11.0. The van der Waals surface area contributed by atoms with Gasteiger partial charge in [-0.15, -0.1) is 11.3 Å². The summed E-state index contributed by atoms with van der Waals surface area (Å²) in [5.74, 6) is -1.31. The van der Waals surface area contributed by atoms with Crippen LogP contribution in [0.15, 0.2) is 0 Å². The van der Waals surface area contributed by atoms with E-state index in [4.69, 9.17) is 9.84 Å². The summed E-state index contributed by atoms with van der Waals surface area (Å²) in [4.78, 5) is 28.3. The molecule has 1 saturated heterocycles. The summed E-state index contributed by atoms with van der Waals surface area (Å²) in [7, 11) is 0. The Morgan fingerprint density at radius 3 is 2.79 bits per heavy atom. The van der Waals surface area contributed by atoms with Crippen molar-refractivity contribution in [2.24, 2.45) is 0 Å². The van der Waals surface area contributed by atoms with Crippen molar-refractivity contribution in [2.45, 2.75) is 44.3 Å². The van der Waals surface area contributed by atoms with Crippen molar-refractivity contribution in [3.63, 3.8) is 0 Å². The predicted octanol–water partition coefficient (Wildman–Crippen LogP) is 1.20. The molecule has 3 rings (SSSR count). The predicted molar refractivity (Wildman–Crippen MR) is 68.3 cm³/mol. The Morgan fingerprint density at radius 2 is 2.11 bits per heavy atom. The van der Waals surface area contributed by atoms with E-state index in [1.807, 2.05) is 0 Å². The van der Waals surface area contributed by atoms with E-state index in [2.05, 4.69) is 10.3 Å². The number of rotatable bonds is 3. The van der Waals surface area contributed by atoms with E-state index < -0.39 is 18.2 Å². The Kier molecular flexibility index (Phi) is 3.24. The van der Waals surface area contributed by atoms with Crippen LogP contribution in [0.25, 0.3) is 0 Å². The quantitative estimate of drug-likeness (QED) is 0.869. The highest BCUT2D eigenvalue weighted by atomic mass is 32.1. The number of anilines is 1. The van der Waals surface area contributed by atoms with Gasteiger partial charge in [0.2, 0.25) is 0 Å². The lowest BCUT2D eigenvalue weighted by Crippen LogP contribution is -2.29. The van der Waals surface area contributed by atoms with Gasteiger partial charge in [-0.3, -0.25) is 10.1 Å². The molecule has 0 aromatic carbocycles. The van der Waals surface area contributed by atoms with E-state index >= 15 is 0 Å². The largest absolute Gasteiger partial charge is 0.479 e. The number of ether oxygens (including phenoxy) is 1. The van der Waals surface area contributed by atoms with Crippen molar-refractivity contribution in [1.29, 1.82) is 0 Å². The van der Waals surface area contributed by atoms with Crippen molar-refractivity contribution in [3.8, 4) is 0 Å². The van der Waals surface area contributed by atoms with Crippen molar-refractivity contribution in [1.82, 2.24) is 4.98 Å². The van der Waals surface area contributed by atoms with Crippen LogP contribution in [0.4, 0.5) is 5.13 Å². The first-order valence-corrected chi connectivity index (χ1v) is 7.13. The molecule has 0 saturated carbocycles. The second-order valence-electron chi connectivity index (χ2n) is 4.76. The minimum absolute atomic E-state index is 0.295. The van der Waals surface area contributed by atoms with Crippen LogP contribution in [0.5, 0.6) is 0 Å². The van der Waals surface area contributed by atoms with Gasteiger partial charge in [-0.05, 0) is 32.1 Å². The molecule has 7 heteroatoms. The van der Waals surface area contributed by atoms with E-state index in [0.29, 0.717) is 18.0 Å². The summed E-state index contributed by atoms with van der Waals surface area (Å²) < 4.78 is 5.20. The van der Waals surface area contributed by atoms with Gasteiger partial charge in [0.05, 0.1) is 5.69 Å². The molecule has 2 aliphatic rings. The Balaban J connectivity index is 1.60. The van der Waals surface area contributed by atoms with E-state index in [1.165, 1.54) is 16.2 Å². The lowest BCUT2D eigenvalue weighted by molar-refractivity contribution is -0.150. The molecule has 1 aromatic heterocycles. The fourth-order valence-electron chi connectivity index (χ4n) is 2.44. The maximum atomic E-state index is 11.9. The Hall–Kier alpha value is -1.47. The number of carbonyl (C=O) groups is 2. The molecule has 0 bridgehead atoms. The second-order valence-corrected chi connectivity index (χ2v) is 5.84. The van der Waals surface area contributed by atoms with Crippen LogP contribution in [0.2, 0.25) is 0 Å². The number of nitrogens with one attached hydrogen (secondary N) is 1. The molecule has 0 radical (unpaired) electrons. The first-order chi connectivity index (χ1) is 9.13. The molecular formula is C12H14N2O4S. The molecule has 2 atom stereocenters. The van der Waals surface area contributed by atoms with E-state index in [1.54, 1.807) is 0 Å². The highest BCUT2D eigenvalue weighted by Crippen LogP contribution is 2.31. The molecule has 1 aliphatic carbocycles. The fraction of sp³-hybridized carbons (Fsp3) is 0.583. The average molecular weight is 282 g/mol. The number of carbonyl (C=O) groups excluding carboxylic acids is 1.